The minimum absolute atomic E-state index is 0.0862. The van der Waals surface area contributed by atoms with E-state index in [4.69, 9.17) is 27.9 Å². The van der Waals surface area contributed by atoms with Crippen LogP contribution in [0.2, 0.25) is 10.0 Å². The number of aromatic nitrogens is 1. The van der Waals surface area contributed by atoms with Crippen LogP contribution in [0.4, 0.5) is 5.69 Å². The molecular formula is C25H20Cl2N2O3. The minimum atomic E-state index is -0.212. The highest BCUT2D eigenvalue weighted by atomic mass is 35.5. The second-order valence-electron chi connectivity index (χ2n) is 7.33. The molecule has 0 atom stereocenters. The van der Waals surface area contributed by atoms with E-state index >= 15 is 0 Å². The monoisotopic (exact) mass is 466 g/mol. The molecule has 0 aliphatic rings. The molecule has 162 valence electrons. The predicted molar refractivity (Wildman–Crippen MR) is 128 cm³/mol. The lowest BCUT2D eigenvalue weighted by Crippen LogP contribution is -2.16. The van der Waals surface area contributed by atoms with E-state index in [0.717, 1.165) is 10.9 Å². The highest BCUT2D eigenvalue weighted by Crippen LogP contribution is 2.31. The number of fused-ring (bicyclic) bond motifs is 1. The van der Waals surface area contributed by atoms with Crippen molar-refractivity contribution in [3.63, 3.8) is 0 Å². The van der Waals surface area contributed by atoms with Crippen LogP contribution in [0.25, 0.3) is 10.9 Å². The first kappa shape index (κ1) is 21.9. The maximum absolute atomic E-state index is 13.3. The van der Waals surface area contributed by atoms with Gasteiger partial charge in [0.15, 0.2) is 0 Å². The summed E-state index contributed by atoms with van der Waals surface area (Å²) in [6.45, 7) is 1.84. The number of nitrogens with zero attached hydrogens (tertiary/aromatic N) is 1. The fourth-order valence-corrected chi connectivity index (χ4v) is 4.04. The fourth-order valence-electron chi connectivity index (χ4n) is 3.73. The average Bonchev–Trinajstić information content (AvgIpc) is 3.04. The van der Waals surface area contributed by atoms with Crippen LogP contribution in [0.15, 0.2) is 66.7 Å². The van der Waals surface area contributed by atoms with Gasteiger partial charge in [-0.15, -0.1) is 0 Å². The molecule has 0 spiro atoms. The van der Waals surface area contributed by atoms with Gasteiger partial charge < -0.3 is 10.1 Å². The Kier molecular flexibility index (Phi) is 6.21. The standard InChI is InChI=1S/C25H20Cl2N2O3/c1-15-21(14-24(30)28-19-5-3-4-18(27)12-19)22-13-20(32-2)10-11-23(22)29(15)25(31)16-6-8-17(26)9-7-16/h3-13H,14H2,1-2H3,(H,28,30). The van der Waals surface area contributed by atoms with Gasteiger partial charge in [0.1, 0.15) is 5.75 Å². The summed E-state index contributed by atoms with van der Waals surface area (Å²) < 4.78 is 7.00. The molecule has 0 aliphatic heterocycles. The summed E-state index contributed by atoms with van der Waals surface area (Å²) in [7, 11) is 1.58. The smallest absolute Gasteiger partial charge is 0.262 e. The molecule has 1 heterocycles. The molecular weight excluding hydrogens is 447 g/mol. The number of halogens is 2. The lowest BCUT2D eigenvalue weighted by molar-refractivity contribution is -0.115. The van der Waals surface area contributed by atoms with Crippen LogP contribution in [0, 0.1) is 6.92 Å². The maximum atomic E-state index is 13.3. The van der Waals surface area contributed by atoms with Crippen LogP contribution in [-0.2, 0) is 11.2 Å². The van der Waals surface area contributed by atoms with E-state index in [1.165, 1.54) is 0 Å². The zero-order valence-electron chi connectivity index (χ0n) is 17.5. The van der Waals surface area contributed by atoms with E-state index in [1.54, 1.807) is 66.3 Å². The van der Waals surface area contributed by atoms with Gasteiger partial charge in [0.2, 0.25) is 5.91 Å². The van der Waals surface area contributed by atoms with Gasteiger partial charge in [-0.1, -0.05) is 29.3 Å². The molecule has 0 saturated heterocycles. The van der Waals surface area contributed by atoms with Gasteiger partial charge in [0.25, 0.3) is 5.91 Å². The highest BCUT2D eigenvalue weighted by Gasteiger charge is 2.22. The number of hydrogen-bond acceptors (Lipinski definition) is 3. The largest absolute Gasteiger partial charge is 0.497 e. The molecule has 0 saturated carbocycles. The number of nitrogens with one attached hydrogen (secondary N) is 1. The zero-order chi connectivity index (χ0) is 22.8. The van der Waals surface area contributed by atoms with E-state index in [-0.39, 0.29) is 18.2 Å². The van der Waals surface area contributed by atoms with Gasteiger partial charge in [0, 0.05) is 32.4 Å². The molecule has 0 bridgehead atoms. The van der Waals surface area contributed by atoms with Crippen molar-refractivity contribution >= 4 is 51.6 Å². The van der Waals surface area contributed by atoms with Crippen LogP contribution in [0.5, 0.6) is 5.75 Å². The molecule has 32 heavy (non-hydrogen) atoms. The van der Waals surface area contributed by atoms with Crippen molar-refractivity contribution in [3.05, 3.63) is 93.6 Å². The number of rotatable bonds is 5. The van der Waals surface area contributed by atoms with Crippen molar-refractivity contribution < 1.29 is 14.3 Å². The molecule has 7 heteroatoms. The molecule has 0 fully saturated rings. The predicted octanol–water partition coefficient (Wildman–Crippen LogP) is 6.13. The Morgan fingerprint density at radius 1 is 0.969 bits per heavy atom. The second kappa shape index (κ2) is 9.07. The molecule has 0 unspecified atom stereocenters. The summed E-state index contributed by atoms with van der Waals surface area (Å²) in [6.07, 6.45) is 0.0862. The lowest BCUT2D eigenvalue weighted by Gasteiger charge is -2.08. The van der Waals surface area contributed by atoms with Crippen molar-refractivity contribution in [2.75, 3.05) is 12.4 Å². The zero-order valence-corrected chi connectivity index (χ0v) is 19.0. The van der Waals surface area contributed by atoms with Gasteiger partial charge in [0.05, 0.1) is 19.0 Å². The van der Waals surface area contributed by atoms with Gasteiger partial charge >= 0.3 is 0 Å². The Labute approximate surface area is 195 Å². The highest BCUT2D eigenvalue weighted by molar-refractivity contribution is 6.31. The summed E-state index contributed by atoms with van der Waals surface area (Å²) in [4.78, 5) is 26.2. The van der Waals surface area contributed by atoms with Crippen molar-refractivity contribution in [2.24, 2.45) is 0 Å². The Bertz CT molecular complexity index is 1330. The summed E-state index contributed by atoms with van der Waals surface area (Å²) in [5, 5.41) is 4.74. The molecule has 1 N–H and O–H groups in total. The van der Waals surface area contributed by atoms with Crippen molar-refractivity contribution in [1.82, 2.24) is 4.57 Å². The maximum Gasteiger partial charge on any atom is 0.262 e. The van der Waals surface area contributed by atoms with Gasteiger partial charge in [-0.25, -0.2) is 0 Å². The van der Waals surface area contributed by atoms with E-state index in [9.17, 15) is 9.59 Å². The van der Waals surface area contributed by atoms with Gasteiger partial charge in [-0.2, -0.15) is 0 Å². The third kappa shape index (κ3) is 4.35. The SMILES string of the molecule is COc1ccc2c(c1)c(CC(=O)Nc1cccc(Cl)c1)c(C)n2C(=O)c1ccc(Cl)cc1. The molecule has 1 amide bonds. The second-order valence-corrected chi connectivity index (χ2v) is 8.20. The van der Waals surface area contributed by atoms with Gasteiger partial charge in [-0.3, -0.25) is 14.2 Å². The number of carbonyl (C=O) groups is 2. The number of amides is 1. The fraction of sp³-hybridized carbons (Fsp3) is 0.120. The molecule has 0 radical (unpaired) electrons. The average molecular weight is 467 g/mol. The van der Waals surface area contributed by atoms with E-state index in [0.29, 0.717) is 38.3 Å². The third-order valence-electron chi connectivity index (χ3n) is 5.28. The van der Waals surface area contributed by atoms with Gasteiger partial charge in [-0.05, 0) is 73.2 Å². The summed E-state index contributed by atoms with van der Waals surface area (Å²) in [5.74, 6) is 0.233. The van der Waals surface area contributed by atoms with Crippen molar-refractivity contribution in [3.8, 4) is 5.75 Å². The number of benzene rings is 3. The summed E-state index contributed by atoms with van der Waals surface area (Å²) in [5.41, 5.74) is 3.25. The Morgan fingerprint density at radius 3 is 2.41 bits per heavy atom. The molecule has 5 nitrogen and oxygen atoms in total. The third-order valence-corrected chi connectivity index (χ3v) is 5.77. The molecule has 4 aromatic rings. The van der Waals surface area contributed by atoms with Crippen molar-refractivity contribution in [2.45, 2.75) is 13.3 Å². The topological polar surface area (TPSA) is 60.3 Å². The molecule has 3 aromatic carbocycles. The first-order chi connectivity index (χ1) is 15.4. The first-order valence-corrected chi connectivity index (χ1v) is 10.7. The number of carbonyl (C=O) groups excluding carboxylic acids is 2. The quantitative estimate of drug-likeness (QED) is 0.384. The normalized spacial score (nSPS) is 10.9. The number of ether oxygens (including phenoxy) is 1. The van der Waals surface area contributed by atoms with Crippen LogP contribution in [0.3, 0.4) is 0 Å². The lowest BCUT2D eigenvalue weighted by atomic mass is 10.1. The van der Waals surface area contributed by atoms with E-state index in [1.807, 2.05) is 19.1 Å². The van der Waals surface area contributed by atoms with Crippen LogP contribution in [0.1, 0.15) is 21.6 Å². The van der Waals surface area contributed by atoms with E-state index < -0.39 is 0 Å². The Balaban J connectivity index is 1.76. The first-order valence-electron chi connectivity index (χ1n) is 9.91. The summed E-state index contributed by atoms with van der Waals surface area (Å²) in [6, 6.07) is 19.2. The molecule has 1 aromatic heterocycles. The Hall–Kier alpha value is -3.28. The van der Waals surface area contributed by atoms with Crippen LogP contribution >= 0.6 is 23.2 Å². The summed E-state index contributed by atoms with van der Waals surface area (Å²) >= 11 is 12.0. The van der Waals surface area contributed by atoms with Crippen molar-refractivity contribution in [1.29, 1.82) is 0 Å². The molecule has 4 rings (SSSR count). The number of anilines is 1. The van der Waals surface area contributed by atoms with Crippen LogP contribution < -0.4 is 10.1 Å². The minimum Gasteiger partial charge on any atom is -0.497 e. The van der Waals surface area contributed by atoms with E-state index in [2.05, 4.69) is 5.32 Å². The Morgan fingerprint density at radius 2 is 1.72 bits per heavy atom. The molecule has 0 aliphatic carbocycles. The number of methoxy groups -OCH3 is 1. The number of hydrogen-bond donors (Lipinski definition) is 1. The van der Waals surface area contributed by atoms with Crippen LogP contribution in [-0.4, -0.2) is 23.5 Å².